The molecule has 0 radical (unpaired) electrons. The number of rotatable bonds is 4. The number of carbonyl (C=O) groups is 1. The van der Waals surface area contributed by atoms with E-state index in [1.54, 1.807) is 16.7 Å². The number of carbonyl (C=O) groups excluding carboxylic acids is 1. The minimum Gasteiger partial charge on any atom is -0.355 e. The number of hydrogen-bond acceptors (Lipinski definition) is 4. The summed E-state index contributed by atoms with van der Waals surface area (Å²) in [4.78, 5) is 16.2. The number of aromatic nitrogens is 1. The van der Waals surface area contributed by atoms with E-state index in [2.05, 4.69) is 24.2 Å². The highest BCUT2D eigenvalue weighted by Crippen LogP contribution is 2.43. The van der Waals surface area contributed by atoms with Gasteiger partial charge in [-0.3, -0.25) is 4.79 Å². The van der Waals surface area contributed by atoms with Crippen molar-refractivity contribution in [2.24, 2.45) is 0 Å². The Morgan fingerprint density at radius 3 is 2.73 bits per heavy atom. The Labute approximate surface area is 157 Å². The molecule has 2 heterocycles. The normalized spacial score (nSPS) is 12.4. The van der Waals surface area contributed by atoms with E-state index in [9.17, 15) is 4.79 Å². The van der Waals surface area contributed by atoms with E-state index in [4.69, 9.17) is 4.52 Å². The molecule has 0 aliphatic carbocycles. The van der Waals surface area contributed by atoms with Gasteiger partial charge in [0.1, 0.15) is 0 Å². The van der Waals surface area contributed by atoms with Gasteiger partial charge in [0.15, 0.2) is 11.5 Å². The number of hydrogen-bond donors (Lipinski definition) is 0. The Morgan fingerprint density at radius 1 is 1.15 bits per heavy atom. The van der Waals surface area contributed by atoms with Crippen LogP contribution in [-0.2, 0) is 12.2 Å². The molecule has 1 amide bonds. The first-order valence-corrected chi connectivity index (χ1v) is 9.83. The van der Waals surface area contributed by atoms with Crippen LogP contribution in [0.25, 0.3) is 11.3 Å². The summed E-state index contributed by atoms with van der Waals surface area (Å²) in [6.45, 7) is 4.67. The minimum atomic E-state index is -0.0987. The molecule has 0 spiro atoms. The highest BCUT2D eigenvalue weighted by atomic mass is 32.2. The van der Waals surface area contributed by atoms with E-state index in [1.807, 2.05) is 43.3 Å². The Balaban J connectivity index is 1.75. The average Bonchev–Trinajstić information content (AvgIpc) is 3.13. The number of fused-ring (bicyclic) bond motifs is 3. The van der Waals surface area contributed by atoms with Crippen molar-refractivity contribution >= 4 is 23.4 Å². The van der Waals surface area contributed by atoms with Crippen molar-refractivity contribution in [1.29, 1.82) is 0 Å². The van der Waals surface area contributed by atoms with Crippen LogP contribution in [0, 0.1) is 0 Å². The molecule has 1 aliphatic heterocycles. The standard InChI is InChI=1S/C21H20N2O2S/c1-3-14-9-5-7-11-17(14)23(4-2)21(24)19-16-13-26-18-12-8-6-10-15(18)20(16)25-22-19/h5-12H,3-4,13H2,1-2H3. The van der Waals surface area contributed by atoms with Crippen LogP contribution in [0.2, 0.25) is 0 Å². The lowest BCUT2D eigenvalue weighted by molar-refractivity contribution is 0.0979. The molecule has 0 N–H and O–H groups in total. The fraction of sp³-hybridized carbons (Fsp3) is 0.238. The van der Waals surface area contributed by atoms with Crippen LogP contribution in [0.1, 0.15) is 35.5 Å². The van der Waals surface area contributed by atoms with Crippen molar-refractivity contribution in [3.05, 3.63) is 65.4 Å². The van der Waals surface area contributed by atoms with Gasteiger partial charge in [-0.1, -0.05) is 42.4 Å². The molecular formula is C21H20N2O2S. The summed E-state index contributed by atoms with van der Waals surface area (Å²) in [6.07, 6.45) is 0.875. The maximum Gasteiger partial charge on any atom is 0.280 e. The first kappa shape index (κ1) is 16.9. The summed E-state index contributed by atoms with van der Waals surface area (Å²) >= 11 is 1.72. The molecule has 0 fully saturated rings. The van der Waals surface area contributed by atoms with Crippen LogP contribution < -0.4 is 4.90 Å². The van der Waals surface area contributed by atoms with Gasteiger partial charge in [-0.2, -0.15) is 0 Å². The van der Waals surface area contributed by atoms with E-state index >= 15 is 0 Å². The molecule has 5 heteroatoms. The van der Waals surface area contributed by atoms with Gasteiger partial charge < -0.3 is 9.42 Å². The molecule has 26 heavy (non-hydrogen) atoms. The summed E-state index contributed by atoms with van der Waals surface area (Å²) in [5.41, 5.74) is 4.44. The van der Waals surface area contributed by atoms with E-state index in [1.165, 1.54) is 4.90 Å². The lowest BCUT2D eigenvalue weighted by Gasteiger charge is -2.23. The molecule has 1 aliphatic rings. The fourth-order valence-corrected chi connectivity index (χ4v) is 4.44. The Bertz CT molecular complexity index is 964. The maximum atomic E-state index is 13.3. The smallest absolute Gasteiger partial charge is 0.280 e. The third kappa shape index (κ3) is 2.72. The molecule has 1 aromatic heterocycles. The lowest BCUT2D eigenvalue weighted by Crippen LogP contribution is -2.32. The third-order valence-corrected chi connectivity index (χ3v) is 5.82. The SMILES string of the molecule is CCc1ccccc1N(CC)C(=O)c1noc2c1CSc1ccccc1-2. The van der Waals surface area contributed by atoms with Crippen molar-refractivity contribution in [3.63, 3.8) is 0 Å². The van der Waals surface area contributed by atoms with Crippen LogP contribution in [0.5, 0.6) is 0 Å². The monoisotopic (exact) mass is 364 g/mol. The van der Waals surface area contributed by atoms with Crippen LogP contribution in [-0.4, -0.2) is 17.6 Å². The van der Waals surface area contributed by atoms with E-state index in [-0.39, 0.29) is 5.91 Å². The second-order valence-electron chi connectivity index (χ2n) is 6.16. The second-order valence-corrected chi connectivity index (χ2v) is 7.17. The first-order valence-electron chi connectivity index (χ1n) is 8.85. The van der Waals surface area contributed by atoms with Gasteiger partial charge in [0.2, 0.25) is 0 Å². The third-order valence-electron chi connectivity index (χ3n) is 4.72. The van der Waals surface area contributed by atoms with Crippen molar-refractivity contribution < 1.29 is 9.32 Å². The van der Waals surface area contributed by atoms with Crippen LogP contribution >= 0.6 is 11.8 Å². The fourth-order valence-electron chi connectivity index (χ4n) is 3.38. The van der Waals surface area contributed by atoms with Gasteiger partial charge in [-0.25, -0.2) is 0 Å². The quantitative estimate of drug-likeness (QED) is 0.640. The Hall–Kier alpha value is -2.53. The van der Waals surface area contributed by atoms with Gasteiger partial charge in [0, 0.05) is 34.0 Å². The summed E-state index contributed by atoms with van der Waals surface area (Å²) < 4.78 is 5.61. The number of nitrogens with zero attached hydrogens (tertiary/aromatic N) is 2. The van der Waals surface area contributed by atoms with E-state index in [0.717, 1.165) is 34.6 Å². The van der Waals surface area contributed by atoms with E-state index in [0.29, 0.717) is 18.0 Å². The molecule has 0 bridgehead atoms. The highest BCUT2D eigenvalue weighted by molar-refractivity contribution is 7.98. The zero-order valence-electron chi connectivity index (χ0n) is 14.9. The second kappa shape index (κ2) is 7.00. The maximum absolute atomic E-state index is 13.3. The summed E-state index contributed by atoms with van der Waals surface area (Å²) in [7, 11) is 0. The molecule has 4 rings (SSSR count). The number of benzene rings is 2. The summed E-state index contributed by atoms with van der Waals surface area (Å²) in [5, 5.41) is 4.17. The zero-order chi connectivity index (χ0) is 18.1. The molecule has 0 saturated heterocycles. The van der Waals surface area contributed by atoms with Crippen molar-refractivity contribution in [2.45, 2.75) is 30.9 Å². The Kier molecular flexibility index (Phi) is 4.55. The van der Waals surface area contributed by atoms with Crippen LogP contribution in [0.4, 0.5) is 5.69 Å². The van der Waals surface area contributed by atoms with Gasteiger partial charge in [-0.15, -0.1) is 11.8 Å². The number of aryl methyl sites for hydroxylation is 1. The predicted molar refractivity (Wildman–Crippen MR) is 105 cm³/mol. The lowest BCUT2D eigenvalue weighted by atomic mass is 10.1. The van der Waals surface area contributed by atoms with Gasteiger partial charge in [0.05, 0.1) is 0 Å². The average molecular weight is 364 g/mol. The number of thioether (sulfide) groups is 1. The molecule has 0 unspecified atom stereocenters. The van der Waals surface area contributed by atoms with Gasteiger partial charge >= 0.3 is 0 Å². The first-order chi connectivity index (χ1) is 12.7. The molecule has 3 aromatic rings. The molecule has 4 nitrogen and oxygen atoms in total. The number of para-hydroxylation sites is 1. The van der Waals surface area contributed by atoms with Crippen LogP contribution in [0.15, 0.2) is 57.9 Å². The minimum absolute atomic E-state index is 0.0987. The van der Waals surface area contributed by atoms with Crippen molar-refractivity contribution in [3.8, 4) is 11.3 Å². The molecule has 0 atom stereocenters. The zero-order valence-corrected chi connectivity index (χ0v) is 15.7. The Morgan fingerprint density at radius 2 is 1.92 bits per heavy atom. The number of amides is 1. The van der Waals surface area contributed by atoms with Crippen molar-refractivity contribution in [2.75, 3.05) is 11.4 Å². The number of anilines is 1. The largest absolute Gasteiger partial charge is 0.355 e. The van der Waals surface area contributed by atoms with Crippen molar-refractivity contribution in [1.82, 2.24) is 5.16 Å². The predicted octanol–water partition coefficient (Wildman–Crippen LogP) is 5.18. The van der Waals surface area contributed by atoms with Gasteiger partial charge in [-0.05, 0) is 37.1 Å². The molecule has 0 saturated carbocycles. The topological polar surface area (TPSA) is 46.3 Å². The summed E-state index contributed by atoms with van der Waals surface area (Å²) in [5.74, 6) is 1.32. The molecule has 132 valence electrons. The van der Waals surface area contributed by atoms with E-state index < -0.39 is 0 Å². The summed E-state index contributed by atoms with van der Waals surface area (Å²) in [6, 6.07) is 16.1. The highest BCUT2D eigenvalue weighted by Gasteiger charge is 2.30. The van der Waals surface area contributed by atoms with Crippen LogP contribution in [0.3, 0.4) is 0 Å². The molecular weight excluding hydrogens is 344 g/mol. The molecule has 2 aromatic carbocycles. The van der Waals surface area contributed by atoms with Gasteiger partial charge in [0.25, 0.3) is 5.91 Å².